The molecule has 2 saturated heterocycles. The summed E-state index contributed by atoms with van der Waals surface area (Å²) >= 11 is 0. The van der Waals surface area contributed by atoms with Crippen LogP contribution in [0.25, 0.3) is 10.9 Å². The fourth-order valence-corrected chi connectivity index (χ4v) is 7.44. The van der Waals surface area contributed by atoms with Crippen molar-refractivity contribution in [2.45, 2.75) is 83.6 Å². The Morgan fingerprint density at radius 2 is 1.76 bits per heavy atom. The normalized spacial score (nSPS) is 19.4. The van der Waals surface area contributed by atoms with E-state index in [2.05, 4.69) is 65.0 Å². The molecular formula is C37H46FN7O. The monoisotopic (exact) mass is 623 g/mol. The van der Waals surface area contributed by atoms with E-state index in [0.717, 1.165) is 92.9 Å². The third kappa shape index (κ3) is 6.53. The van der Waals surface area contributed by atoms with Crippen LogP contribution in [-0.4, -0.2) is 64.7 Å². The van der Waals surface area contributed by atoms with Gasteiger partial charge in [-0.3, -0.25) is 19.7 Å². The Morgan fingerprint density at radius 3 is 2.48 bits per heavy atom. The van der Waals surface area contributed by atoms with Gasteiger partial charge in [-0.15, -0.1) is 0 Å². The smallest absolute Gasteiger partial charge is 0.193 e. The van der Waals surface area contributed by atoms with Crippen molar-refractivity contribution in [2.75, 3.05) is 43.0 Å². The standard InChI is InChI=1S/C37H46FN7O/c1-25-6-7-31(20-41-25)43-14-4-5-32(24-43)44(21-27-10-13-40-26(2)17-27)22-28-23-45(30-8-9-30)35-19-36(34(38)18-33(35)37(28)46)42-15-11-29(39-3)12-16-42/h6-7,10,13,17-20,23,29-30,32,39H,4-5,8-9,11-12,14-16,21-22,24H2,1-3H3. The number of fused-ring (bicyclic) bond motifs is 1. The van der Waals surface area contributed by atoms with Crippen LogP contribution >= 0.6 is 0 Å². The third-order valence-corrected chi connectivity index (χ3v) is 10.3. The quantitative estimate of drug-likeness (QED) is 0.255. The first-order valence-electron chi connectivity index (χ1n) is 17.0. The van der Waals surface area contributed by atoms with Gasteiger partial charge in [-0.2, -0.15) is 0 Å². The zero-order valence-corrected chi connectivity index (χ0v) is 27.4. The molecule has 1 aliphatic carbocycles. The fraction of sp³-hybridized carbons (Fsp3) is 0.486. The largest absolute Gasteiger partial charge is 0.369 e. The van der Waals surface area contributed by atoms with E-state index in [-0.39, 0.29) is 17.3 Å². The van der Waals surface area contributed by atoms with Crippen LogP contribution < -0.4 is 20.5 Å². The van der Waals surface area contributed by atoms with Crippen molar-refractivity contribution in [3.8, 4) is 0 Å². The van der Waals surface area contributed by atoms with Crippen molar-refractivity contribution in [1.82, 2.24) is 24.8 Å². The summed E-state index contributed by atoms with van der Waals surface area (Å²) in [6.45, 7) is 8.71. The molecule has 1 aromatic carbocycles. The highest BCUT2D eigenvalue weighted by molar-refractivity contribution is 5.84. The highest BCUT2D eigenvalue weighted by Crippen LogP contribution is 2.38. The van der Waals surface area contributed by atoms with Crippen molar-refractivity contribution in [3.63, 3.8) is 0 Å². The van der Waals surface area contributed by atoms with Crippen LogP contribution in [0.2, 0.25) is 0 Å². The Morgan fingerprint density at radius 1 is 0.935 bits per heavy atom. The van der Waals surface area contributed by atoms with Crippen LogP contribution in [0.4, 0.5) is 15.8 Å². The lowest BCUT2D eigenvalue weighted by Crippen LogP contribution is -2.48. The predicted molar refractivity (Wildman–Crippen MR) is 183 cm³/mol. The number of anilines is 2. The van der Waals surface area contributed by atoms with E-state index in [0.29, 0.717) is 36.2 Å². The van der Waals surface area contributed by atoms with Gasteiger partial charge >= 0.3 is 0 Å². The van der Waals surface area contributed by atoms with Crippen molar-refractivity contribution in [3.05, 3.63) is 93.5 Å². The van der Waals surface area contributed by atoms with Gasteiger partial charge < -0.3 is 19.7 Å². The van der Waals surface area contributed by atoms with E-state index in [9.17, 15) is 4.79 Å². The first-order chi connectivity index (χ1) is 22.4. The van der Waals surface area contributed by atoms with E-state index < -0.39 is 0 Å². The third-order valence-electron chi connectivity index (χ3n) is 10.3. The van der Waals surface area contributed by atoms with Crippen LogP contribution in [0.5, 0.6) is 0 Å². The number of nitrogens with one attached hydrogen (secondary N) is 1. The second kappa shape index (κ2) is 13.1. The van der Waals surface area contributed by atoms with Gasteiger partial charge in [0, 0.05) is 92.1 Å². The Hall–Kier alpha value is -3.82. The summed E-state index contributed by atoms with van der Waals surface area (Å²) in [6, 6.07) is 13.0. The Bertz CT molecular complexity index is 1740. The lowest BCUT2D eigenvalue weighted by atomic mass is 10.0. The maximum absolute atomic E-state index is 15.8. The average molecular weight is 624 g/mol. The van der Waals surface area contributed by atoms with Crippen molar-refractivity contribution in [1.29, 1.82) is 0 Å². The minimum absolute atomic E-state index is 0.0578. The number of hydrogen-bond acceptors (Lipinski definition) is 7. The molecule has 0 amide bonds. The zero-order chi connectivity index (χ0) is 31.8. The molecule has 2 aliphatic heterocycles. The topological polar surface area (TPSA) is 69.5 Å². The summed E-state index contributed by atoms with van der Waals surface area (Å²) in [7, 11) is 1.99. The van der Waals surface area contributed by atoms with Crippen molar-refractivity contribution >= 4 is 22.3 Å². The molecule has 1 unspecified atom stereocenters. The number of rotatable bonds is 9. The molecule has 3 aromatic heterocycles. The first-order valence-corrected chi connectivity index (χ1v) is 17.0. The number of pyridine rings is 3. The number of hydrogen-bond donors (Lipinski definition) is 1. The maximum atomic E-state index is 15.8. The molecule has 9 heteroatoms. The minimum Gasteiger partial charge on any atom is -0.369 e. The van der Waals surface area contributed by atoms with Crippen LogP contribution in [0.15, 0.2) is 59.8 Å². The fourth-order valence-electron chi connectivity index (χ4n) is 7.44. The molecule has 4 aromatic rings. The summed E-state index contributed by atoms with van der Waals surface area (Å²) in [4.78, 5) is 30.2. The van der Waals surface area contributed by atoms with Gasteiger partial charge in [0.2, 0.25) is 0 Å². The molecule has 0 bridgehead atoms. The molecule has 1 N–H and O–H groups in total. The van der Waals surface area contributed by atoms with Crippen LogP contribution in [0.1, 0.15) is 67.1 Å². The van der Waals surface area contributed by atoms with Gasteiger partial charge in [-0.05, 0) is 101 Å². The summed E-state index contributed by atoms with van der Waals surface area (Å²) < 4.78 is 18.1. The number of nitrogens with zero attached hydrogens (tertiary/aromatic N) is 6. The van der Waals surface area contributed by atoms with Gasteiger partial charge in [0.15, 0.2) is 5.43 Å². The molecule has 7 rings (SSSR count). The first kappa shape index (κ1) is 30.8. The lowest BCUT2D eigenvalue weighted by molar-refractivity contribution is 0.158. The lowest BCUT2D eigenvalue weighted by Gasteiger charge is -2.40. The Balaban J connectivity index is 1.23. The maximum Gasteiger partial charge on any atom is 0.193 e. The van der Waals surface area contributed by atoms with Gasteiger partial charge in [-0.1, -0.05) is 0 Å². The Kier molecular flexibility index (Phi) is 8.79. The van der Waals surface area contributed by atoms with Crippen molar-refractivity contribution < 1.29 is 4.39 Å². The van der Waals surface area contributed by atoms with E-state index >= 15 is 4.39 Å². The Labute approximate surface area is 271 Å². The van der Waals surface area contributed by atoms with E-state index in [1.807, 2.05) is 39.4 Å². The van der Waals surface area contributed by atoms with Gasteiger partial charge in [0.05, 0.1) is 23.1 Å². The van der Waals surface area contributed by atoms with Gasteiger partial charge in [0.1, 0.15) is 5.82 Å². The average Bonchev–Trinajstić information content (AvgIpc) is 3.92. The van der Waals surface area contributed by atoms with Crippen LogP contribution in [0, 0.1) is 19.7 Å². The summed E-state index contributed by atoms with van der Waals surface area (Å²) in [6.07, 6.45) is 12.2. The minimum atomic E-state index is -0.300. The highest BCUT2D eigenvalue weighted by Gasteiger charge is 2.30. The zero-order valence-electron chi connectivity index (χ0n) is 27.4. The molecular weight excluding hydrogens is 577 g/mol. The number of halogens is 1. The molecule has 46 heavy (non-hydrogen) atoms. The second-order valence-electron chi connectivity index (χ2n) is 13.6. The molecule has 242 valence electrons. The summed E-state index contributed by atoms with van der Waals surface area (Å²) in [5.74, 6) is -0.300. The molecule has 0 spiro atoms. The number of piperidine rings is 2. The second-order valence-corrected chi connectivity index (χ2v) is 13.6. The van der Waals surface area contributed by atoms with Gasteiger partial charge in [0.25, 0.3) is 0 Å². The molecule has 8 nitrogen and oxygen atoms in total. The van der Waals surface area contributed by atoms with Gasteiger partial charge in [-0.25, -0.2) is 4.39 Å². The van der Waals surface area contributed by atoms with E-state index in [1.165, 1.54) is 11.6 Å². The van der Waals surface area contributed by atoms with Crippen LogP contribution in [0.3, 0.4) is 0 Å². The van der Waals surface area contributed by atoms with E-state index in [4.69, 9.17) is 0 Å². The molecule has 1 atom stereocenters. The summed E-state index contributed by atoms with van der Waals surface area (Å²) in [5.41, 5.74) is 6.47. The number of aromatic nitrogens is 3. The predicted octanol–water partition coefficient (Wildman–Crippen LogP) is 5.74. The number of aryl methyl sites for hydroxylation is 2. The SMILES string of the molecule is CNC1CCN(c2cc3c(cc2F)c(=O)c(CN(Cc2ccnc(C)c2)C2CCCN(c4ccc(C)nc4)C2)cn3C2CC2)CC1. The van der Waals surface area contributed by atoms with E-state index in [1.54, 1.807) is 0 Å². The molecule has 1 saturated carbocycles. The highest BCUT2D eigenvalue weighted by atomic mass is 19.1. The van der Waals surface area contributed by atoms with Crippen molar-refractivity contribution in [2.24, 2.45) is 0 Å². The van der Waals surface area contributed by atoms with Crippen LogP contribution in [-0.2, 0) is 13.1 Å². The molecule has 0 radical (unpaired) electrons. The molecule has 5 heterocycles. The molecule has 3 fully saturated rings. The molecule has 3 aliphatic rings. The summed E-state index contributed by atoms with van der Waals surface area (Å²) in [5, 5.41) is 3.85. The number of benzene rings is 1.